The minimum absolute atomic E-state index is 0.227. The Morgan fingerprint density at radius 3 is 2.41 bits per heavy atom. The highest BCUT2D eigenvalue weighted by molar-refractivity contribution is 9.10. The summed E-state index contributed by atoms with van der Waals surface area (Å²) in [6, 6.07) is 14.5. The molecule has 0 amide bonds. The Morgan fingerprint density at radius 2 is 1.76 bits per heavy atom. The molecule has 0 heterocycles. The summed E-state index contributed by atoms with van der Waals surface area (Å²) in [6.45, 7) is 0. The summed E-state index contributed by atoms with van der Waals surface area (Å²) >= 11 is 3.36. The van der Waals surface area contributed by atoms with Gasteiger partial charge in [0.15, 0.2) is 0 Å². The topological polar surface area (TPSA) is 40.5 Å². The number of phenolic OH excluding ortho intramolecular Hbond substituents is 1. The molecule has 0 saturated heterocycles. The van der Waals surface area contributed by atoms with Gasteiger partial charge in [0.25, 0.3) is 0 Å². The Balaban J connectivity index is 2.11. The summed E-state index contributed by atoms with van der Waals surface area (Å²) in [5.41, 5.74) is 1.79. The second-order valence-corrected chi connectivity index (χ2v) is 4.86. The van der Waals surface area contributed by atoms with Gasteiger partial charge in [0, 0.05) is 10.9 Å². The van der Waals surface area contributed by atoms with Crippen molar-refractivity contribution in [1.29, 1.82) is 0 Å². The van der Waals surface area contributed by atoms with Gasteiger partial charge in [0.2, 0.25) is 0 Å². The van der Waals surface area contributed by atoms with Crippen molar-refractivity contribution in [1.82, 2.24) is 0 Å². The maximum atomic E-state index is 10.1. The fourth-order valence-corrected chi connectivity index (χ4v) is 1.97. The summed E-state index contributed by atoms with van der Waals surface area (Å²) in [6.07, 6.45) is -0.0550. The SMILES string of the molecule is Oc1cccc(CC(O)c2ccc(Br)cc2)c1. The molecule has 88 valence electrons. The standard InChI is InChI=1S/C14H13BrO2/c15-12-6-4-11(5-7-12)14(17)9-10-2-1-3-13(16)8-10/h1-8,14,16-17H,9H2. The number of rotatable bonds is 3. The van der Waals surface area contributed by atoms with Crippen LogP contribution in [0.15, 0.2) is 53.0 Å². The first kappa shape index (κ1) is 12.1. The van der Waals surface area contributed by atoms with E-state index in [1.54, 1.807) is 18.2 Å². The molecule has 0 aliphatic rings. The average molecular weight is 293 g/mol. The Bertz CT molecular complexity index is 494. The molecule has 0 saturated carbocycles. The Labute approximate surface area is 109 Å². The van der Waals surface area contributed by atoms with Crippen LogP contribution in [0.5, 0.6) is 5.75 Å². The lowest BCUT2D eigenvalue weighted by atomic mass is 10.0. The van der Waals surface area contributed by atoms with Crippen LogP contribution in [0.25, 0.3) is 0 Å². The Hall–Kier alpha value is -1.32. The Kier molecular flexibility index (Phi) is 3.82. The highest BCUT2D eigenvalue weighted by Crippen LogP contribution is 2.22. The van der Waals surface area contributed by atoms with E-state index in [0.717, 1.165) is 15.6 Å². The van der Waals surface area contributed by atoms with Gasteiger partial charge in [-0.3, -0.25) is 0 Å². The largest absolute Gasteiger partial charge is 0.508 e. The average Bonchev–Trinajstić information content (AvgIpc) is 2.29. The molecular formula is C14H13BrO2. The van der Waals surface area contributed by atoms with Gasteiger partial charge in [-0.05, 0) is 35.4 Å². The van der Waals surface area contributed by atoms with E-state index in [9.17, 15) is 10.2 Å². The molecule has 0 fully saturated rings. The first-order valence-corrected chi connectivity index (χ1v) is 6.16. The van der Waals surface area contributed by atoms with Crippen molar-refractivity contribution in [2.24, 2.45) is 0 Å². The van der Waals surface area contributed by atoms with Crippen molar-refractivity contribution < 1.29 is 10.2 Å². The molecule has 17 heavy (non-hydrogen) atoms. The molecule has 1 unspecified atom stereocenters. The number of aromatic hydroxyl groups is 1. The summed E-state index contributed by atoms with van der Waals surface area (Å²) in [7, 11) is 0. The van der Waals surface area contributed by atoms with E-state index in [-0.39, 0.29) is 5.75 Å². The van der Waals surface area contributed by atoms with E-state index in [2.05, 4.69) is 15.9 Å². The predicted molar refractivity (Wildman–Crippen MR) is 70.9 cm³/mol. The third-order valence-electron chi connectivity index (χ3n) is 2.59. The number of benzene rings is 2. The predicted octanol–water partition coefficient (Wildman–Crippen LogP) is 3.43. The summed E-state index contributed by atoms with van der Waals surface area (Å²) in [4.78, 5) is 0. The van der Waals surface area contributed by atoms with Gasteiger partial charge >= 0.3 is 0 Å². The zero-order valence-corrected chi connectivity index (χ0v) is 10.8. The van der Waals surface area contributed by atoms with Crippen LogP contribution in [-0.2, 0) is 6.42 Å². The van der Waals surface area contributed by atoms with Gasteiger partial charge < -0.3 is 10.2 Å². The van der Waals surface area contributed by atoms with Gasteiger partial charge in [0.1, 0.15) is 5.75 Å². The maximum Gasteiger partial charge on any atom is 0.115 e. The minimum Gasteiger partial charge on any atom is -0.508 e. The van der Waals surface area contributed by atoms with Crippen LogP contribution in [0.1, 0.15) is 17.2 Å². The lowest BCUT2D eigenvalue weighted by Crippen LogP contribution is -2.01. The quantitative estimate of drug-likeness (QED) is 0.910. The minimum atomic E-state index is -0.551. The second-order valence-electron chi connectivity index (χ2n) is 3.94. The lowest BCUT2D eigenvalue weighted by molar-refractivity contribution is 0.178. The molecule has 2 N–H and O–H groups in total. The molecule has 0 aromatic heterocycles. The van der Waals surface area contributed by atoms with E-state index in [1.807, 2.05) is 30.3 Å². The van der Waals surface area contributed by atoms with Crippen LogP contribution in [-0.4, -0.2) is 10.2 Å². The first-order valence-electron chi connectivity index (χ1n) is 5.36. The third kappa shape index (κ3) is 3.32. The van der Waals surface area contributed by atoms with Gasteiger partial charge in [-0.1, -0.05) is 40.2 Å². The van der Waals surface area contributed by atoms with Crippen molar-refractivity contribution in [2.45, 2.75) is 12.5 Å². The van der Waals surface area contributed by atoms with Crippen LogP contribution in [0.2, 0.25) is 0 Å². The molecule has 0 radical (unpaired) electrons. The first-order chi connectivity index (χ1) is 8.15. The molecule has 2 rings (SSSR count). The number of hydrogen-bond donors (Lipinski definition) is 2. The number of hydrogen-bond acceptors (Lipinski definition) is 2. The van der Waals surface area contributed by atoms with Crippen molar-refractivity contribution in [3.8, 4) is 5.75 Å². The van der Waals surface area contributed by atoms with Crippen molar-refractivity contribution >= 4 is 15.9 Å². The number of phenols is 1. The van der Waals surface area contributed by atoms with Crippen molar-refractivity contribution in [3.05, 3.63) is 64.1 Å². The summed E-state index contributed by atoms with van der Waals surface area (Å²) < 4.78 is 0.991. The molecule has 0 bridgehead atoms. The van der Waals surface area contributed by atoms with Gasteiger partial charge in [-0.25, -0.2) is 0 Å². The van der Waals surface area contributed by atoms with Crippen LogP contribution in [0.4, 0.5) is 0 Å². The molecule has 0 aliphatic heterocycles. The summed E-state index contributed by atoms with van der Waals surface area (Å²) in [5, 5.41) is 19.4. The van der Waals surface area contributed by atoms with E-state index in [0.29, 0.717) is 6.42 Å². The highest BCUT2D eigenvalue weighted by Gasteiger charge is 2.08. The normalized spacial score (nSPS) is 12.4. The smallest absolute Gasteiger partial charge is 0.115 e. The summed E-state index contributed by atoms with van der Waals surface area (Å²) in [5.74, 6) is 0.227. The molecule has 3 heteroatoms. The maximum absolute atomic E-state index is 10.1. The van der Waals surface area contributed by atoms with E-state index >= 15 is 0 Å². The number of aliphatic hydroxyl groups is 1. The zero-order chi connectivity index (χ0) is 12.3. The molecule has 0 spiro atoms. The number of aliphatic hydroxyl groups excluding tert-OH is 1. The second kappa shape index (κ2) is 5.34. The Morgan fingerprint density at radius 1 is 1.06 bits per heavy atom. The van der Waals surface area contributed by atoms with Crippen LogP contribution in [0, 0.1) is 0 Å². The molecule has 2 aromatic rings. The van der Waals surface area contributed by atoms with E-state index in [1.165, 1.54) is 0 Å². The van der Waals surface area contributed by atoms with E-state index < -0.39 is 6.10 Å². The van der Waals surface area contributed by atoms with Gasteiger partial charge in [-0.2, -0.15) is 0 Å². The van der Waals surface area contributed by atoms with E-state index in [4.69, 9.17) is 0 Å². The van der Waals surface area contributed by atoms with Crippen molar-refractivity contribution in [3.63, 3.8) is 0 Å². The van der Waals surface area contributed by atoms with Crippen LogP contribution in [0.3, 0.4) is 0 Å². The molecular weight excluding hydrogens is 280 g/mol. The number of halogens is 1. The van der Waals surface area contributed by atoms with Gasteiger partial charge in [-0.15, -0.1) is 0 Å². The molecule has 2 aromatic carbocycles. The highest BCUT2D eigenvalue weighted by atomic mass is 79.9. The van der Waals surface area contributed by atoms with Gasteiger partial charge in [0.05, 0.1) is 6.10 Å². The monoisotopic (exact) mass is 292 g/mol. The zero-order valence-electron chi connectivity index (χ0n) is 9.18. The van der Waals surface area contributed by atoms with Crippen LogP contribution >= 0.6 is 15.9 Å². The molecule has 1 atom stereocenters. The lowest BCUT2D eigenvalue weighted by Gasteiger charge is -2.11. The molecule has 2 nitrogen and oxygen atoms in total. The fraction of sp³-hybridized carbons (Fsp3) is 0.143. The van der Waals surface area contributed by atoms with Crippen molar-refractivity contribution in [2.75, 3.05) is 0 Å². The molecule has 0 aliphatic carbocycles. The van der Waals surface area contributed by atoms with Crippen LogP contribution < -0.4 is 0 Å². The fourth-order valence-electron chi connectivity index (χ4n) is 1.71. The third-order valence-corrected chi connectivity index (χ3v) is 3.12.